The van der Waals surface area contributed by atoms with Gasteiger partial charge < -0.3 is 4.74 Å². The van der Waals surface area contributed by atoms with Crippen LogP contribution in [0.15, 0.2) is 47.4 Å². The minimum atomic E-state index is -2.86. The first kappa shape index (κ1) is 18.9. The van der Waals surface area contributed by atoms with Gasteiger partial charge in [-0.05, 0) is 36.2 Å². The average molecular weight is 384 g/mol. The lowest BCUT2D eigenvalue weighted by Gasteiger charge is -2.20. The van der Waals surface area contributed by atoms with E-state index in [4.69, 9.17) is 4.74 Å². The van der Waals surface area contributed by atoms with E-state index >= 15 is 0 Å². The number of Topliss-reactive ketones (excluding diaryl/α,β-unsaturated/α-hetero) is 1. The number of carbonyl (C=O) groups is 1. The van der Waals surface area contributed by atoms with Gasteiger partial charge in [0.2, 0.25) is 0 Å². The highest BCUT2D eigenvalue weighted by atomic mass is 32.2. The first-order chi connectivity index (χ1) is 12.4. The zero-order chi connectivity index (χ0) is 18.8. The van der Waals surface area contributed by atoms with Gasteiger partial charge in [-0.3, -0.25) is 4.79 Å². The SMILES string of the molecule is COC(CC1Sc2ccccc2C1=O)c1cc(C(F)F)cc(C(F)F)c1. The highest BCUT2D eigenvalue weighted by Gasteiger charge is 2.33. The Morgan fingerprint density at radius 3 is 2.12 bits per heavy atom. The summed E-state index contributed by atoms with van der Waals surface area (Å²) >= 11 is 1.38. The molecule has 0 saturated heterocycles. The van der Waals surface area contributed by atoms with Crippen molar-refractivity contribution in [1.82, 2.24) is 0 Å². The quantitative estimate of drug-likeness (QED) is 0.572. The van der Waals surface area contributed by atoms with Crippen molar-refractivity contribution >= 4 is 17.5 Å². The molecule has 0 aromatic heterocycles. The summed E-state index contributed by atoms with van der Waals surface area (Å²) in [6.07, 6.45) is -6.25. The largest absolute Gasteiger partial charge is 0.377 e. The number of benzene rings is 2. The molecule has 3 rings (SSSR count). The fourth-order valence-corrected chi connectivity index (χ4v) is 4.28. The molecule has 26 heavy (non-hydrogen) atoms. The Bertz CT molecular complexity index is 784. The maximum Gasteiger partial charge on any atom is 0.263 e. The zero-order valence-electron chi connectivity index (χ0n) is 13.8. The van der Waals surface area contributed by atoms with Gasteiger partial charge in [-0.1, -0.05) is 18.2 Å². The third kappa shape index (κ3) is 3.78. The van der Waals surface area contributed by atoms with Crippen molar-refractivity contribution in [2.24, 2.45) is 0 Å². The molecule has 0 amide bonds. The maximum absolute atomic E-state index is 13.1. The molecule has 2 atom stereocenters. The summed E-state index contributed by atoms with van der Waals surface area (Å²) in [6, 6.07) is 10.3. The lowest BCUT2D eigenvalue weighted by molar-refractivity contribution is 0.0827. The van der Waals surface area contributed by atoms with E-state index in [0.717, 1.165) is 11.0 Å². The number of thioether (sulfide) groups is 1. The number of fused-ring (bicyclic) bond motifs is 1. The van der Waals surface area contributed by atoms with Gasteiger partial charge in [0.1, 0.15) is 0 Å². The smallest absolute Gasteiger partial charge is 0.263 e. The number of hydrogen-bond donors (Lipinski definition) is 0. The standard InChI is InChI=1S/C19H16F4O2S/c1-25-14(9-16-17(24)13-4-2-3-5-15(13)26-16)10-6-11(18(20)21)8-12(7-10)19(22)23/h2-8,14,16,18-19H,9H2,1H3. The van der Waals surface area contributed by atoms with E-state index in [9.17, 15) is 22.4 Å². The van der Waals surface area contributed by atoms with Gasteiger partial charge in [0, 0.05) is 28.7 Å². The molecule has 2 nitrogen and oxygen atoms in total. The minimum absolute atomic E-state index is 0.0632. The Morgan fingerprint density at radius 1 is 1.00 bits per heavy atom. The van der Waals surface area contributed by atoms with Crippen LogP contribution < -0.4 is 0 Å². The maximum atomic E-state index is 13.1. The number of ether oxygens (including phenoxy) is 1. The molecule has 1 heterocycles. The predicted octanol–water partition coefficient (Wildman–Crippen LogP) is 6.00. The molecule has 0 N–H and O–H groups in total. The summed E-state index contributed by atoms with van der Waals surface area (Å²) in [6.45, 7) is 0. The van der Waals surface area contributed by atoms with Crippen molar-refractivity contribution in [3.63, 3.8) is 0 Å². The van der Waals surface area contributed by atoms with Crippen LogP contribution in [-0.4, -0.2) is 18.1 Å². The van der Waals surface area contributed by atoms with E-state index in [2.05, 4.69) is 0 Å². The monoisotopic (exact) mass is 384 g/mol. The Hall–Kier alpha value is -1.86. The van der Waals surface area contributed by atoms with E-state index in [-0.39, 0.29) is 17.8 Å². The van der Waals surface area contributed by atoms with Gasteiger partial charge in [-0.15, -0.1) is 11.8 Å². The minimum Gasteiger partial charge on any atom is -0.377 e. The third-order valence-corrected chi connectivity index (χ3v) is 5.60. The van der Waals surface area contributed by atoms with Crippen molar-refractivity contribution in [2.75, 3.05) is 7.11 Å². The second-order valence-electron chi connectivity index (χ2n) is 5.96. The number of methoxy groups -OCH3 is 1. The number of carbonyl (C=O) groups excluding carboxylic acids is 1. The van der Waals surface area contributed by atoms with Crippen molar-refractivity contribution in [3.05, 3.63) is 64.7 Å². The van der Waals surface area contributed by atoms with Crippen LogP contribution in [0.5, 0.6) is 0 Å². The highest BCUT2D eigenvalue weighted by molar-refractivity contribution is 8.01. The molecule has 1 aliphatic rings. The molecule has 0 aliphatic carbocycles. The van der Waals surface area contributed by atoms with Gasteiger partial charge in [-0.2, -0.15) is 0 Å². The van der Waals surface area contributed by atoms with Crippen LogP contribution in [0.4, 0.5) is 17.6 Å². The first-order valence-corrected chi connectivity index (χ1v) is 8.82. The van der Waals surface area contributed by atoms with Crippen molar-refractivity contribution < 1.29 is 27.1 Å². The van der Waals surface area contributed by atoms with Crippen LogP contribution in [0.3, 0.4) is 0 Å². The second kappa shape index (κ2) is 7.80. The van der Waals surface area contributed by atoms with E-state index < -0.39 is 35.3 Å². The molecule has 138 valence electrons. The lowest BCUT2D eigenvalue weighted by Crippen LogP contribution is -2.17. The second-order valence-corrected chi connectivity index (χ2v) is 7.21. The van der Waals surface area contributed by atoms with E-state index in [1.165, 1.54) is 31.0 Å². The predicted molar refractivity (Wildman–Crippen MR) is 91.1 cm³/mol. The van der Waals surface area contributed by atoms with Crippen molar-refractivity contribution in [1.29, 1.82) is 0 Å². The summed E-state index contributed by atoms with van der Waals surface area (Å²) in [5, 5.41) is -0.442. The molecule has 2 aromatic carbocycles. The van der Waals surface area contributed by atoms with Crippen LogP contribution in [0.1, 0.15) is 52.4 Å². The number of ketones is 1. The van der Waals surface area contributed by atoms with Crippen LogP contribution in [0.25, 0.3) is 0 Å². The molecule has 2 unspecified atom stereocenters. The Labute approximate surface area is 152 Å². The molecular weight excluding hydrogens is 368 g/mol. The Morgan fingerprint density at radius 2 is 1.58 bits per heavy atom. The normalized spacial score (nSPS) is 17.8. The third-order valence-electron chi connectivity index (χ3n) is 4.30. The van der Waals surface area contributed by atoms with E-state index in [1.54, 1.807) is 12.1 Å². The van der Waals surface area contributed by atoms with Crippen LogP contribution in [0.2, 0.25) is 0 Å². The summed E-state index contributed by atoms with van der Waals surface area (Å²) < 4.78 is 57.6. The molecular formula is C19H16F4O2S. The fourth-order valence-electron chi connectivity index (χ4n) is 3.01. The number of hydrogen-bond acceptors (Lipinski definition) is 3. The molecule has 0 bridgehead atoms. The van der Waals surface area contributed by atoms with Gasteiger partial charge >= 0.3 is 0 Å². The fraction of sp³-hybridized carbons (Fsp3) is 0.316. The van der Waals surface area contributed by atoms with Gasteiger partial charge in [0.15, 0.2) is 5.78 Å². The molecule has 7 heteroatoms. The number of halogens is 4. The Balaban J connectivity index is 1.87. The van der Waals surface area contributed by atoms with E-state index in [1.807, 2.05) is 12.1 Å². The van der Waals surface area contributed by atoms with Crippen LogP contribution in [0, 0.1) is 0 Å². The average Bonchev–Trinajstić information content (AvgIpc) is 2.95. The molecule has 1 aliphatic heterocycles. The van der Waals surface area contributed by atoms with Crippen molar-refractivity contribution in [3.8, 4) is 0 Å². The molecule has 0 saturated carbocycles. The summed E-state index contributed by atoms with van der Waals surface area (Å²) in [5.41, 5.74) is -0.112. The highest BCUT2D eigenvalue weighted by Crippen LogP contribution is 2.42. The van der Waals surface area contributed by atoms with Gasteiger partial charge in [0.25, 0.3) is 12.9 Å². The topological polar surface area (TPSA) is 26.3 Å². The summed E-state index contributed by atoms with van der Waals surface area (Å²) in [4.78, 5) is 13.4. The number of alkyl halides is 4. The lowest BCUT2D eigenvalue weighted by atomic mass is 9.97. The van der Waals surface area contributed by atoms with E-state index in [0.29, 0.717) is 5.56 Å². The molecule has 0 fully saturated rings. The Kier molecular flexibility index (Phi) is 5.67. The van der Waals surface area contributed by atoms with Crippen LogP contribution in [-0.2, 0) is 4.74 Å². The van der Waals surface area contributed by atoms with Crippen LogP contribution >= 0.6 is 11.8 Å². The first-order valence-electron chi connectivity index (χ1n) is 7.94. The molecule has 0 radical (unpaired) electrons. The van der Waals surface area contributed by atoms with Gasteiger partial charge in [-0.25, -0.2) is 17.6 Å². The number of rotatable bonds is 6. The molecule has 0 spiro atoms. The summed E-state index contributed by atoms with van der Waals surface area (Å²) in [7, 11) is 1.37. The summed E-state index contributed by atoms with van der Waals surface area (Å²) in [5.74, 6) is -0.0632. The van der Waals surface area contributed by atoms with Gasteiger partial charge in [0.05, 0.1) is 11.4 Å². The molecule has 2 aromatic rings. The van der Waals surface area contributed by atoms with Crippen molar-refractivity contribution in [2.45, 2.75) is 35.5 Å². The zero-order valence-corrected chi connectivity index (χ0v) is 14.6.